The van der Waals surface area contributed by atoms with E-state index in [9.17, 15) is 0 Å². The first kappa shape index (κ1) is 18.6. The molecule has 8 heteroatoms. The van der Waals surface area contributed by atoms with Crippen molar-refractivity contribution in [3.63, 3.8) is 0 Å². The van der Waals surface area contributed by atoms with Crippen LogP contribution in [0.3, 0.4) is 0 Å². The molecule has 2 aliphatic heterocycles. The number of rotatable bonds is 5. The fourth-order valence-corrected chi connectivity index (χ4v) is 3.16. The van der Waals surface area contributed by atoms with Crippen molar-refractivity contribution in [2.45, 2.75) is 6.92 Å². The minimum absolute atomic E-state index is 0.682. The standard InChI is InChI=1S/C20H26N6O2/c1-16-2-4-17(5-3-16)15-21-24-18-14-19(25-6-10-27-11-7-25)23-20(22-18)26-8-12-28-13-9-26/h2-5,14-15H,6-13H2,1H3,(H,22,23,24)/b21-15-. The van der Waals surface area contributed by atoms with Crippen LogP contribution in [0.1, 0.15) is 11.1 Å². The highest BCUT2D eigenvalue weighted by Crippen LogP contribution is 2.22. The summed E-state index contributed by atoms with van der Waals surface area (Å²) < 4.78 is 10.9. The number of benzene rings is 1. The topological polar surface area (TPSA) is 75.1 Å². The van der Waals surface area contributed by atoms with Crippen LogP contribution >= 0.6 is 0 Å². The van der Waals surface area contributed by atoms with Crippen LogP contribution in [-0.2, 0) is 9.47 Å². The second-order valence-corrected chi connectivity index (χ2v) is 6.89. The molecule has 0 amide bonds. The number of aromatic nitrogens is 2. The summed E-state index contributed by atoms with van der Waals surface area (Å²) in [6.07, 6.45) is 1.80. The maximum absolute atomic E-state index is 5.47. The Morgan fingerprint density at radius 1 is 0.929 bits per heavy atom. The molecule has 0 aliphatic carbocycles. The Morgan fingerprint density at radius 3 is 2.25 bits per heavy atom. The molecule has 8 nitrogen and oxygen atoms in total. The SMILES string of the molecule is Cc1ccc(/C=N\Nc2cc(N3CCOCC3)nc(N3CCOCC3)n2)cc1. The summed E-state index contributed by atoms with van der Waals surface area (Å²) in [7, 11) is 0. The largest absolute Gasteiger partial charge is 0.378 e. The summed E-state index contributed by atoms with van der Waals surface area (Å²) in [4.78, 5) is 13.8. The first-order valence-corrected chi connectivity index (χ1v) is 9.68. The van der Waals surface area contributed by atoms with E-state index in [0.29, 0.717) is 38.2 Å². The third-order valence-corrected chi connectivity index (χ3v) is 4.80. The molecule has 0 bridgehead atoms. The lowest BCUT2D eigenvalue weighted by molar-refractivity contribution is 0.121. The maximum Gasteiger partial charge on any atom is 0.229 e. The predicted octanol–water partition coefficient (Wildman–Crippen LogP) is 1.90. The molecule has 1 N–H and O–H groups in total. The minimum atomic E-state index is 0.682. The fourth-order valence-electron chi connectivity index (χ4n) is 3.16. The van der Waals surface area contributed by atoms with Gasteiger partial charge in [0, 0.05) is 32.2 Å². The number of ether oxygens (including phenoxy) is 2. The van der Waals surface area contributed by atoms with E-state index in [2.05, 4.69) is 44.4 Å². The van der Waals surface area contributed by atoms with Crippen LogP contribution in [-0.4, -0.2) is 68.8 Å². The van der Waals surface area contributed by atoms with Gasteiger partial charge in [0.2, 0.25) is 5.95 Å². The fraction of sp³-hybridized carbons (Fsp3) is 0.450. The molecule has 2 aliphatic rings. The van der Waals surface area contributed by atoms with Crippen LogP contribution in [0.4, 0.5) is 17.6 Å². The van der Waals surface area contributed by atoms with Gasteiger partial charge in [-0.3, -0.25) is 5.43 Å². The van der Waals surface area contributed by atoms with Gasteiger partial charge in [-0.2, -0.15) is 15.1 Å². The van der Waals surface area contributed by atoms with E-state index in [1.54, 1.807) is 6.21 Å². The van der Waals surface area contributed by atoms with E-state index in [1.165, 1.54) is 5.56 Å². The van der Waals surface area contributed by atoms with Crippen LogP contribution in [0.5, 0.6) is 0 Å². The van der Waals surface area contributed by atoms with E-state index < -0.39 is 0 Å². The summed E-state index contributed by atoms with van der Waals surface area (Å²) >= 11 is 0. The summed E-state index contributed by atoms with van der Waals surface area (Å²) in [6, 6.07) is 10.2. The van der Waals surface area contributed by atoms with Gasteiger partial charge >= 0.3 is 0 Å². The molecule has 0 atom stereocenters. The van der Waals surface area contributed by atoms with Crippen molar-refractivity contribution in [1.29, 1.82) is 0 Å². The van der Waals surface area contributed by atoms with Gasteiger partial charge in [-0.25, -0.2) is 0 Å². The molecule has 0 saturated carbocycles. The molecule has 4 rings (SSSR count). The number of hydrazone groups is 1. The van der Waals surface area contributed by atoms with E-state index in [0.717, 1.165) is 37.6 Å². The highest BCUT2D eigenvalue weighted by atomic mass is 16.5. The minimum Gasteiger partial charge on any atom is -0.378 e. The van der Waals surface area contributed by atoms with Gasteiger partial charge in [0.1, 0.15) is 5.82 Å². The number of aryl methyl sites for hydroxylation is 1. The quantitative estimate of drug-likeness (QED) is 0.625. The Hall–Kier alpha value is -2.71. The third-order valence-electron chi connectivity index (χ3n) is 4.80. The zero-order valence-electron chi connectivity index (χ0n) is 16.2. The lowest BCUT2D eigenvalue weighted by Crippen LogP contribution is -2.39. The first-order valence-electron chi connectivity index (χ1n) is 9.68. The molecular formula is C20H26N6O2. The van der Waals surface area contributed by atoms with Crippen molar-refractivity contribution >= 4 is 23.8 Å². The monoisotopic (exact) mass is 382 g/mol. The molecule has 1 aromatic heterocycles. The number of morpholine rings is 2. The molecule has 3 heterocycles. The lowest BCUT2D eigenvalue weighted by atomic mass is 10.2. The molecule has 2 fully saturated rings. The van der Waals surface area contributed by atoms with Crippen LogP contribution in [0.15, 0.2) is 35.4 Å². The zero-order valence-corrected chi connectivity index (χ0v) is 16.2. The maximum atomic E-state index is 5.47. The van der Waals surface area contributed by atoms with Crippen molar-refractivity contribution in [1.82, 2.24) is 9.97 Å². The number of nitrogens with zero attached hydrogens (tertiary/aromatic N) is 5. The van der Waals surface area contributed by atoms with E-state index in [4.69, 9.17) is 14.5 Å². The average Bonchev–Trinajstić information content (AvgIpc) is 2.76. The molecule has 2 saturated heterocycles. The Kier molecular flexibility index (Phi) is 5.98. The summed E-state index contributed by atoms with van der Waals surface area (Å²) in [5.41, 5.74) is 5.33. The predicted molar refractivity (Wildman–Crippen MR) is 110 cm³/mol. The van der Waals surface area contributed by atoms with Gasteiger partial charge in [0.25, 0.3) is 0 Å². The van der Waals surface area contributed by atoms with E-state index in [-0.39, 0.29) is 0 Å². The molecule has 0 unspecified atom stereocenters. The van der Waals surface area contributed by atoms with Gasteiger partial charge in [-0.1, -0.05) is 29.8 Å². The molecule has 28 heavy (non-hydrogen) atoms. The van der Waals surface area contributed by atoms with Crippen LogP contribution < -0.4 is 15.2 Å². The molecule has 0 radical (unpaired) electrons. The Labute approximate surface area is 165 Å². The van der Waals surface area contributed by atoms with Gasteiger partial charge in [0.05, 0.1) is 32.6 Å². The number of hydrogen-bond donors (Lipinski definition) is 1. The highest BCUT2D eigenvalue weighted by molar-refractivity contribution is 5.80. The average molecular weight is 382 g/mol. The first-order chi connectivity index (χ1) is 13.8. The summed E-state index contributed by atoms with van der Waals surface area (Å²) in [5.74, 6) is 2.29. The molecule has 1 aromatic carbocycles. The Balaban J connectivity index is 1.54. The number of hydrogen-bond acceptors (Lipinski definition) is 8. The van der Waals surface area contributed by atoms with Crippen molar-refractivity contribution in [3.05, 3.63) is 41.5 Å². The van der Waals surface area contributed by atoms with Crippen molar-refractivity contribution < 1.29 is 9.47 Å². The van der Waals surface area contributed by atoms with Crippen molar-refractivity contribution in [2.24, 2.45) is 5.10 Å². The molecule has 2 aromatic rings. The smallest absolute Gasteiger partial charge is 0.229 e. The van der Waals surface area contributed by atoms with Gasteiger partial charge < -0.3 is 19.3 Å². The van der Waals surface area contributed by atoms with Gasteiger partial charge in [0.15, 0.2) is 5.82 Å². The lowest BCUT2D eigenvalue weighted by Gasteiger charge is -2.31. The number of anilines is 3. The van der Waals surface area contributed by atoms with Crippen LogP contribution in [0.2, 0.25) is 0 Å². The van der Waals surface area contributed by atoms with Crippen molar-refractivity contribution in [3.8, 4) is 0 Å². The van der Waals surface area contributed by atoms with E-state index in [1.807, 2.05) is 18.2 Å². The normalized spacial score (nSPS) is 17.9. The van der Waals surface area contributed by atoms with Crippen LogP contribution in [0.25, 0.3) is 0 Å². The van der Waals surface area contributed by atoms with Crippen molar-refractivity contribution in [2.75, 3.05) is 67.8 Å². The summed E-state index contributed by atoms with van der Waals surface area (Å²) in [6.45, 7) is 8.12. The van der Waals surface area contributed by atoms with Gasteiger partial charge in [-0.15, -0.1) is 0 Å². The molecule has 0 spiro atoms. The second kappa shape index (κ2) is 8.99. The Morgan fingerprint density at radius 2 is 1.57 bits per heavy atom. The molecular weight excluding hydrogens is 356 g/mol. The second-order valence-electron chi connectivity index (χ2n) is 6.89. The van der Waals surface area contributed by atoms with E-state index >= 15 is 0 Å². The summed E-state index contributed by atoms with van der Waals surface area (Å²) in [5, 5.41) is 4.36. The van der Waals surface area contributed by atoms with Gasteiger partial charge in [-0.05, 0) is 12.5 Å². The Bertz CT molecular complexity index is 763. The third kappa shape index (κ3) is 4.76. The highest BCUT2D eigenvalue weighted by Gasteiger charge is 2.19. The number of nitrogens with one attached hydrogen (secondary N) is 1. The zero-order chi connectivity index (χ0) is 19.2. The van der Waals surface area contributed by atoms with Crippen LogP contribution in [0, 0.1) is 6.92 Å². The molecule has 148 valence electrons.